The van der Waals surface area contributed by atoms with Crippen molar-refractivity contribution in [1.29, 1.82) is 0 Å². The summed E-state index contributed by atoms with van der Waals surface area (Å²) in [6.45, 7) is 2.02. The van der Waals surface area contributed by atoms with Gasteiger partial charge in [-0.05, 0) is 55.0 Å². The molecule has 100 valence electrons. The van der Waals surface area contributed by atoms with Gasteiger partial charge in [-0.2, -0.15) is 0 Å². The normalized spacial score (nSPS) is 12.4. The Bertz CT molecular complexity index is 522. The summed E-state index contributed by atoms with van der Waals surface area (Å²) < 4.78 is 13.2. The molecule has 0 aliphatic rings. The zero-order valence-corrected chi connectivity index (χ0v) is 11.8. The van der Waals surface area contributed by atoms with Gasteiger partial charge >= 0.3 is 0 Å². The molecule has 0 aliphatic carbocycles. The molecular formula is C17H18ClF. The predicted octanol–water partition coefficient (Wildman–Crippen LogP) is 5.44. The lowest BCUT2D eigenvalue weighted by Crippen LogP contribution is -1.95. The Morgan fingerprint density at radius 3 is 2.58 bits per heavy atom. The number of alkyl halides is 1. The number of aryl methyl sites for hydroxylation is 2. The molecule has 0 amide bonds. The molecule has 0 spiro atoms. The minimum Gasteiger partial charge on any atom is -0.207 e. The van der Waals surface area contributed by atoms with Gasteiger partial charge in [-0.1, -0.05) is 36.4 Å². The van der Waals surface area contributed by atoms with Gasteiger partial charge in [0.2, 0.25) is 0 Å². The molecule has 0 fully saturated rings. The van der Waals surface area contributed by atoms with E-state index in [1.54, 1.807) is 6.07 Å². The van der Waals surface area contributed by atoms with Crippen LogP contribution in [-0.2, 0) is 6.42 Å². The zero-order valence-electron chi connectivity index (χ0n) is 11.1. The topological polar surface area (TPSA) is 0 Å². The van der Waals surface area contributed by atoms with Crippen molar-refractivity contribution in [2.75, 3.05) is 0 Å². The van der Waals surface area contributed by atoms with Gasteiger partial charge in [0, 0.05) is 0 Å². The van der Waals surface area contributed by atoms with E-state index in [1.165, 1.54) is 6.07 Å². The molecule has 2 heteroatoms. The predicted molar refractivity (Wildman–Crippen MR) is 79.1 cm³/mol. The van der Waals surface area contributed by atoms with E-state index in [4.69, 9.17) is 11.6 Å². The van der Waals surface area contributed by atoms with Crippen molar-refractivity contribution in [3.05, 3.63) is 71.0 Å². The van der Waals surface area contributed by atoms with Gasteiger partial charge < -0.3 is 0 Å². The van der Waals surface area contributed by atoms with Gasteiger partial charge in [0.15, 0.2) is 0 Å². The Hall–Kier alpha value is -1.34. The molecule has 0 bridgehead atoms. The highest BCUT2D eigenvalue weighted by Crippen LogP contribution is 2.26. The Kier molecular flexibility index (Phi) is 4.98. The first kappa shape index (κ1) is 14.1. The van der Waals surface area contributed by atoms with Gasteiger partial charge in [0.05, 0.1) is 5.38 Å². The minimum atomic E-state index is -0.161. The van der Waals surface area contributed by atoms with E-state index in [0.717, 1.165) is 36.0 Å². The van der Waals surface area contributed by atoms with Crippen molar-refractivity contribution in [3.63, 3.8) is 0 Å². The monoisotopic (exact) mass is 276 g/mol. The molecule has 0 heterocycles. The van der Waals surface area contributed by atoms with Crippen molar-refractivity contribution >= 4 is 11.6 Å². The summed E-state index contributed by atoms with van der Waals surface area (Å²) in [6, 6.07) is 15.1. The third-order valence-corrected chi connectivity index (χ3v) is 3.85. The SMILES string of the molecule is Cc1ccc(F)cc1CCCC(Cl)c1ccccc1. The molecule has 1 atom stereocenters. The molecule has 2 aromatic rings. The van der Waals surface area contributed by atoms with Crippen LogP contribution in [0.4, 0.5) is 4.39 Å². The molecule has 0 N–H and O–H groups in total. The van der Waals surface area contributed by atoms with Gasteiger partial charge in [0.1, 0.15) is 5.82 Å². The van der Waals surface area contributed by atoms with Crippen LogP contribution in [0.2, 0.25) is 0 Å². The van der Waals surface area contributed by atoms with Crippen LogP contribution in [0.15, 0.2) is 48.5 Å². The second-order valence-electron chi connectivity index (χ2n) is 4.84. The van der Waals surface area contributed by atoms with E-state index >= 15 is 0 Å². The Labute approximate surface area is 119 Å². The van der Waals surface area contributed by atoms with Crippen LogP contribution in [0.3, 0.4) is 0 Å². The summed E-state index contributed by atoms with van der Waals surface area (Å²) in [5.41, 5.74) is 3.38. The molecule has 0 aliphatic heterocycles. The maximum atomic E-state index is 13.2. The number of rotatable bonds is 5. The Balaban J connectivity index is 1.88. The summed E-state index contributed by atoms with van der Waals surface area (Å²) in [6.07, 6.45) is 2.74. The van der Waals surface area contributed by atoms with Crippen LogP contribution in [0.5, 0.6) is 0 Å². The highest BCUT2D eigenvalue weighted by Gasteiger charge is 2.08. The van der Waals surface area contributed by atoms with Gasteiger partial charge in [-0.15, -0.1) is 11.6 Å². The van der Waals surface area contributed by atoms with Gasteiger partial charge in [0.25, 0.3) is 0 Å². The molecule has 1 unspecified atom stereocenters. The molecule has 2 aromatic carbocycles. The fourth-order valence-electron chi connectivity index (χ4n) is 2.21. The largest absolute Gasteiger partial charge is 0.207 e. The second kappa shape index (κ2) is 6.72. The summed E-state index contributed by atoms with van der Waals surface area (Å²) in [4.78, 5) is 0. The Morgan fingerprint density at radius 1 is 1.11 bits per heavy atom. The first-order valence-corrected chi connectivity index (χ1v) is 7.04. The molecule has 0 nitrogen and oxygen atoms in total. The fourth-order valence-corrected chi connectivity index (χ4v) is 2.51. The highest BCUT2D eigenvalue weighted by atomic mass is 35.5. The molecule has 0 radical (unpaired) electrons. The lowest BCUT2D eigenvalue weighted by atomic mass is 10.0. The van der Waals surface area contributed by atoms with Crippen LogP contribution in [0.25, 0.3) is 0 Å². The van der Waals surface area contributed by atoms with E-state index in [-0.39, 0.29) is 11.2 Å². The van der Waals surface area contributed by atoms with Crippen molar-refractivity contribution in [2.45, 2.75) is 31.6 Å². The van der Waals surface area contributed by atoms with Crippen molar-refractivity contribution in [1.82, 2.24) is 0 Å². The maximum Gasteiger partial charge on any atom is 0.123 e. The zero-order chi connectivity index (χ0) is 13.7. The third kappa shape index (κ3) is 4.07. The fraction of sp³-hybridized carbons (Fsp3) is 0.294. The van der Waals surface area contributed by atoms with E-state index < -0.39 is 0 Å². The summed E-state index contributed by atoms with van der Waals surface area (Å²) in [5.74, 6) is -0.161. The molecule has 0 saturated heterocycles. The first-order valence-electron chi connectivity index (χ1n) is 6.61. The highest BCUT2D eigenvalue weighted by molar-refractivity contribution is 6.20. The lowest BCUT2D eigenvalue weighted by molar-refractivity contribution is 0.622. The van der Waals surface area contributed by atoms with Crippen LogP contribution in [0.1, 0.15) is 34.9 Å². The number of hydrogen-bond donors (Lipinski definition) is 0. The lowest BCUT2D eigenvalue weighted by Gasteiger charge is -2.10. The Morgan fingerprint density at radius 2 is 1.84 bits per heavy atom. The van der Waals surface area contributed by atoms with Gasteiger partial charge in [-0.25, -0.2) is 4.39 Å². The molecule has 0 saturated carbocycles. The summed E-state index contributed by atoms with van der Waals surface area (Å²) in [7, 11) is 0. The van der Waals surface area contributed by atoms with Crippen molar-refractivity contribution < 1.29 is 4.39 Å². The van der Waals surface area contributed by atoms with E-state index in [0.29, 0.717) is 0 Å². The van der Waals surface area contributed by atoms with Gasteiger partial charge in [-0.3, -0.25) is 0 Å². The summed E-state index contributed by atoms with van der Waals surface area (Å²) >= 11 is 6.37. The minimum absolute atomic E-state index is 0.0371. The number of hydrogen-bond acceptors (Lipinski definition) is 0. The van der Waals surface area contributed by atoms with Crippen LogP contribution >= 0.6 is 11.6 Å². The van der Waals surface area contributed by atoms with Crippen molar-refractivity contribution in [2.24, 2.45) is 0 Å². The molecule has 0 aromatic heterocycles. The second-order valence-corrected chi connectivity index (χ2v) is 5.37. The van der Waals surface area contributed by atoms with Crippen LogP contribution in [0, 0.1) is 12.7 Å². The van der Waals surface area contributed by atoms with E-state index in [9.17, 15) is 4.39 Å². The maximum absolute atomic E-state index is 13.2. The average molecular weight is 277 g/mol. The van der Waals surface area contributed by atoms with Crippen LogP contribution < -0.4 is 0 Å². The molecular weight excluding hydrogens is 259 g/mol. The van der Waals surface area contributed by atoms with Crippen LogP contribution in [-0.4, -0.2) is 0 Å². The standard InChI is InChI=1S/C17H18ClF/c1-13-10-11-16(19)12-15(13)8-5-9-17(18)14-6-3-2-4-7-14/h2-4,6-7,10-12,17H,5,8-9H2,1H3. The third-order valence-electron chi connectivity index (χ3n) is 3.38. The molecule has 19 heavy (non-hydrogen) atoms. The van der Waals surface area contributed by atoms with E-state index in [2.05, 4.69) is 0 Å². The average Bonchev–Trinajstić information content (AvgIpc) is 2.43. The quantitative estimate of drug-likeness (QED) is 0.638. The number of halogens is 2. The van der Waals surface area contributed by atoms with Crippen molar-refractivity contribution in [3.8, 4) is 0 Å². The summed E-state index contributed by atoms with van der Waals surface area (Å²) in [5, 5.41) is 0.0371. The van der Waals surface area contributed by atoms with E-state index in [1.807, 2.05) is 43.3 Å². The first-order chi connectivity index (χ1) is 9.16. The smallest absolute Gasteiger partial charge is 0.123 e. The molecule has 2 rings (SSSR count). The number of benzene rings is 2.